The predicted molar refractivity (Wildman–Crippen MR) is 101 cm³/mol. The first-order chi connectivity index (χ1) is 12.9. The van der Waals surface area contributed by atoms with Crippen molar-refractivity contribution in [2.24, 2.45) is 0 Å². The van der Waals surface area contributed by atoms with Crippen LogP contribution in [0.4, 0.5) is 20.3 Å². The average Bonchev–Trinajstić information content (AvgIpc) is 2.65. The van der Waals surface area contributed by atoms with Crippen LogP contribution in [0.5, 0.6) is 0 Å². The zero-order chi connectivity index (χ0) is 19.3. The van der Waals surface area contributed by atoms with Crippen molar-refractivity contribution in [1.82, 2.24) is 9.88 Å². The van der Waals surface area contributed by atoms with Gasteiger partial charge in [-0.05, 0) is 32.0 Å². The maximum absolute atomic E-state index is 14.2. The van der Waals surface area contributed by atoms with E-state index in [-0.39, 0.29) is 17.5 Å². The summed E-state index contributed by atoms with van der Waals surface area (Å²) >= 11 is 0. The number of rotatable bonds is 2. The van der Waals surface area contributed by atoms with E-state index >= 15 is 0 Å². The Bertz CT molecular complexity index is 902. The molecule has 0 spiro atoms. The molecule has 1 saturated heterocycles. The van der Waals surface area contributed by atoms with E-state index in [1.165, 1.54) is 12.1 Å². The summed E-state index contributed by atoms with van der Waals surface area (Å²) in [5.74, 6) is -0.534. The lowest BCUT2D eigenvalue weighted by Gasteiger charge is -2.47. The number of likely N-dealkylation sites (N-methyl/N-ethyl adjacent to an activating group) is 1. The van der Waals surface area contributed by atoms with E-state index < -0.39 is 11.6 Å². The predicted octanol–water partition coefficient (Wildman–Crippen LogP) is 2.90. The standard InChI is InChI=1S/C20H22F2N4O/c1-12(2)25-6-7-26-18(11-25)20(27)24(3)17-8-13(10-23-19(17)26)15-5-4-14(21)9-16(15)22/h4-5,8-10,12,18H,6-7,11H2,1-3H3. The number of fused-ring (bicyclic) bond motifs is 3. The quantitative estimate of drug-likeness (QED) is 0.813. The summed E-state index contributed by atoms with van der Waals surface area (Å²) in [7, 11) is 1.72. The SMILES string of the molecule is CC(C)N1CCN2c3ncc(-c4ccc(F)cc4F)cc3N(C)C(=O)C2C1. The molecule has 142 valence electrons. The number of halogens is 2. The zero-order valence-corrected chi connectivity index (χ0v) is 15.6. The number of nitrogens with zero attached hydrogens (tertiary/aromatic N) is 4. The van der Waals surface area contributed by atoms with Crippen LogP contribution in [0.15, 0.2) is 30.5 Å². The Hall–Kier alpha value is -2.54. The van der Waals surface area contributed by atoms with Crippen LogP contribution < -0.4 is 9.80 Å². The van der Waals surface area contributed by atoms with Gasteiger partial charge < -0.3 is 9.80 Å². The summed E-state index contributed by atoms with van der Waals surface area (Å²) in [5, 5.41) is 0. The molecular formula is C20H22F2N4O. The summed E-state index contributed by atoms with van der Waals surface area (Å²) in [6, 6.07) is 5.33. The molecule has 0 N–H and O–H groups in total. The molecule has 1 aromatic carbocycles. The highest BCUT2D eigenvalue weighted by Crippen LogP contribution is 2.38. The van der Waals surface area contributed by atoms with Crippen LogP contribution in [0.3, 0.4) is 0 Å². The Labute approximate surface area is 157 Å². The molecule has 5 nitrogen and oxygen atoms in total. The second-order valence-corrected chi connectivity index (χ2v) is 7.39. The molecule has 0 bridgehead atoms. The van der Waals surface area contributed by atoms with Crippen LogP contribution >= 0.6 is 0 Å². The Kier molecular flexibility index (Phi) is 4.34. The highest BCUT2D eigenvalue weighted by Gasteiger charge is 2.41. The molecular weight excluding hydrogens is 350 g/mol. The number of hydrogen-bond donors (Lipinski definition) is 0. The van der Waals surface area contributed by atoms with Crippen LogP contribution in [0.2, 0.25) is 0 Å². The topological polar surface area (TPSA) is 39.7 Å². The number of benzene rings is 1. The van der Waals surface area contributed by atoms with Gasteiger partial charge >= 0.3 is 0 Å². The molecule has 7 heteroatoms. The molecule has 1 fully saturated rings. The van der Waals surface area contributed by atoms with Crippen molar-refractivity contribution >= 4 is 17.4 Å². The van der Waals surface area contributed by atoms with Gasteiger partial charge in [0.1, 0.15) is 17.7 Å². The van der Waals surface area contributed by atoms with E-state index in [4.69, 9.17) is 0 Å². The summed E-state index contributed by atoms with van der Waals surface area (Å²) in [4.78, 5) is 23.4. The lowest BCUT2D eigenvalue weighted by atomic mass is 10.0. The van der Waals surface area contributed by atoms with Gasteiger partial charge in [-0.2, -0.15) is 0 Å². The van der Waals surface area contributed by atoms with E-state index in [0.717, 1.165) is 18.4 Å². The first-order valence-electron chi connectivity index (χ1n) is 9.10. The molecule has 1 atom stereocenters. The third-order valence-electron chi connectivity index (χ3n) is 5.48. The molecule has 27 heavy (non-hydrogen) atoms. The number of hydrogen-bond acceptors (Lipinski definition) is 4. The normalized spacial score (nSPS) is 20.1. The fourth-order valence-electron chi connectivity index (χ4n) is 3.87. The maximum atomic E-state index is 14.2. The summed E-state index contributed by atoms with van der Waals surface area (Å²) in [5.41, 5.74) is 1.43. The molecule has 4 rings (SSSR count). The van der Waals surface area contributed by atoms with E-state index in [2.05, 4.69) is 23.7 Å². The van der Waals surface area contributed by atoms with Crippen LogP contribution in [-0.4, -0.2) is 54.6 Å². The van der Waals surface area contributed by atoms with Crippen molar-refractivity contribution in [3.8, 4) is 11.1 Å². The maximum Gasteiger partial charge on any atom is 0.250 e. The Morgan fingerprint density at radius 3 is 2.67 bits per heavy atom. The fourth-order valence-corrected chi connectivity index (χ4v) is 3.87. The smallest absolute Gasteiger partial charge is 0.250 e. The van der Waals surface area contributed by atoms with Crippen LogP contribution in [0, 0.1) is 11.6 Å². The number of aromatic nitrogens is 1. The lowest BCUT2D eigenvalue weighted by molar-refractivity contribution is -0.121. The van der Waals surface area contributed by atoms with E-state index in [0.29, 0.717) is 30.4 Å². The molecule has 2 aliphatic heterocycles. The van der Waals surface area contributed by atoms with Gasteiger partial charge in [0.2, 0.25) is 0 Å². The van der Waals surface area contributed by atoms with Crippen molar-refractivity contribution in [2.75, 3.05) is 36.5 Å². The van der Waals surface area contributed by atoms with Gasteiger partial charge in [0.25, 0.3) is 5.91 Å². The summed E-state index contributed by atoms with van der Waals surface area (Å²) < 4.78 is 27.4. The van der Waals surface area contributed by atoms with E-state index in [9.17, 15) is 13.6 Å². The monoisotopic (exact) mass is 372 g/mol. The molecule has 0 saturated carbocycles. The second kappa shape index (κ2) is 6.56. The third kappa shape index (κ3) is 2.96. The molecule has 1 aromatic heterocycles. The number of carbonyl (C=O) groups excluding carboxylic acids is 1. The summed E-state index contributed by atoms with van der Waals surface area (Å²) in [6.07, 6.45) is 1.59. The average molecular weight is 372 g/mol. The first-order valence-corrected chi connectivity index (χ1v) is 9.10. The van der Waals surface area contributed by atoms with Crippen molar-refractivity contribution < 1.29 is 13.6 Å². The third-order valence-corrected chi connectivity index (χ3v) is 5.48. The Morgan fingerprint density at radius 2 is 1.96 bits per heavy atom. The number of pyridine rings is 1. The van der Waals surface area contributed by atoms with Crippen LogP contribution in [-0.2, 0) is 4.79 Å². The highest BCUT2D eigenvalue weighted by atomic mass is 19.1. The van der Waals surface area contributed by atoms with Gasteiger partial charge in [0.15, 0.2) is 5.82 Å². The van der Waals surface area contributed by atoms with Crippen molar-refractivity contribution in [2.45, 2.75) is 25.9 Å². The number of carbonyl (C=O) groups is 1. The molecule has 2 aliphatic rings. The number of amides is 1. The van der Waals surface area contributed by atoms with E-state index in [1.54, 1.807) is 24.2 Å². The minimum absolute atomic E-state index is 0.00591. The summed E-state index contributed by atoms with van der Waals surface area (Å²) in [6.45, 7) is 6.49. The zero-order valence-electron chi connectivity index (χ0n) is 15.6. The molecule has 3 heterocycles. The van der Waals surface area contributed by atoms with Crippen molar-refractivity contribution in [3.63, 3.8) is 0 Å². The van der Waals surface area contributed by atoms with E-state index in [1.807, 2.05) is 4.90 Å². The second-order valence-electron chi connectivity index (χ2n) is 7.39. The van der Waals surface area contributed by atoms with Gasteiger partial charge in [0, 0.05) is 56.1 Å². The van der Waals surface area contributed by atoms with Gasteiger partial charge in [-0.1, -0.05) is 0 Å². The molecule has 0 aliphatic carbocycles. The van der Waals surface area contributed by atoms with Gasteiger partial charge in [0.05, 0.1) is 5.69 Å². The molecule has 1 amide bonds. The highest BCUT2D eigenvalue weighted by molar-refractivity contribution is 6.05. The van der Waals surface area contributed by atoms with Crippen molar-refractivity contribution in [3.05, 3.63) is 42.1 Å². The lowest BCUT2D eigenvalue weighted by Crippen LogP contribution is -2.63. The number of anilines is 2. The molecule has 2 aromatic rings. The van der Waals surface area contributed by atoms with Crippen molar-refractivity contribution in [1.29, 1.82) is 0 Å². The first kappa shape index (κ1) is 17.9. The minimum atomic E-state index is -0.648. The largest absolute Gasteiger partial charge is 0.340 e. The Morgan fingerprint density at radius 1 is 1.19 bits per heavy atom. The van der Waals surface area contributed by atoms with Gasteiger partial charge in [-0.3, -0.25) is 9.69 Å². The number of piperazine rings is 1. The molecule has 1 unspecified atom stereocenters. The fraction of sp³-hybridized carbons (Fsp3) is 0.400. The molecule has 0 radical (unpaired) electrons. The minimum Gasteiger partial charge on any atom is -0.340 e. The van der Waals surface area contributed by atoms with Gasteiger partial charge in [-0.15, -0.1) is 0 Å². The van der Waals surface area contributed by atoms with Crippen LogP contribution in [0.1, 0.15) is 13.8 Å². The van der Waals surface area contributed by atoms with Crippen LogP contribution in [0.25, 0.3) is 11.1 Å². The Balaban J connectivity index is 1.73. The van der Waals surface area contributed by atoms with Gasteiger partial charge in [-0.25, -0.2) is 13.8 Å².